The highest BCUT2D eigenvalue weighted by Gasteiger charge is 2.07. The number of ether oxygens (including phenoxy) is 2. The number of pyridine rings is 1. The molecule has 0 radical (unpaired) electrons. The lowest BCUT2D eigenvalue weighted by atomic mass is 10.0. The zero-order valence-corrected chi connectivity index (χ0v) is 18.3. The van der Waals surface area contributed by atoms with E-state index >= 15 is 0 Å². The third-order valence-corrected chi connectivity index (χ3v) is 5.57. The molecule has 3 aromatic carbocycles. The number of aryl methyl sites for hydroxylation is 1. The number of rotatable bonds is 9. The number of nitrogens with zero attached hydrogens (tertiary/aromatic N) is 1. The van der Waals surface area contributed by atoms with Crippen LogP contribution in [0, 0.1) is 0 Å². The monoisotopic (exact) mass is 411 g/mol. The van der Waals surface area contributed by atoms with Gasteiger partial charge in [0.05, 0.1) is 12.8 Å². The van der Waals surface area contributed by atoms with Crippen LogP contribution in [0.1, 0.15) is 42.1 Å². The predicted molar refractivity (Wildman–Crippen MR) is 127 cm³/mol. The van der Waals surface area contributed by atoms with E-state index in [1.807, 2.05) is 36.5 Å². The minimum atomic E-state index is 0.498. The van der Waals surface area contributed by atoms with Gasteiger partial charge in [-0.3, -0.25) is 4.98 Å². The maximum Gasteiger partial charge on any atom is 0.120 e. The van der Waals surface area contributed by atoms with Gasteiger partial charge >= 0.3 is 0 Å². The molecule has 0 saturated heterocycles. The summed E-state index contributed by atoms with van der Waals surface area (Å²) in [5.74, 6) is 1.69. The molecule has 0 saturated carbocycles. The summed E-state index contributed by atoms with van der Waals surface area (Å²) < 4.78 is 11.4. The van der Waals surface area contributed by atoms with E-state index in [0.29, 0.717) is 6.61 Å². The normalized spacial score (nSPS) is 10.9. The summed E-state index contributed by atoms with van der Waals surface area (Å²) >= 11 is 0. The maximum atomic E-state index is 6.07. The molecular formula is C28H29NO2. The number of hydrogen-bond acceptors (Lipinski definition) is 3. The van der Waals surface area contributed by atoms with Crippen molar-refractivity contribution in [2.45, 2.75) is 39.2 Å². The van der Waals surface area contributed by atoms with Gasteiger partial charge in [0.1, 0.15) is 18.1 Å². The molecule has 0 N–H and O–H groups in total. The Bertz CT molecular complexity index is 1140. The number of aromatic nitrogens is 1. The molecule has 3 heteroatoms. The molecule has 4 rings (SSSR count). The molecule has 0 fully saturated rings. The van der Waals surface area contributed by atoms with Gasteiger partial charge in [-0.1, -0.05) is 55.8 Å². The van der Waals surface area contributed by atoms with Crippen molar-refractivity contribution in [1.82, 2.24) is 4.98 Å². The van der Waals surface area contributed by atoms with Crippen LogP contribution in [0.15, 0.2) is 79.0 Å². The summed E-state index contributed by atoms with van der Waals surface area (Å²) in [5, 5.41) is 2.32. The van der Waals surface area contributed by atoms with Crippen LogP contribution in [0.5, 0.6) is 11.5 Å². The fraction of sp³-hybridized carbons (Fsp3) is 0.250. The quantitative estimate of drug-likeness (QED) is 0.305. The van der Waals surface area contributed by atoms with Crippen LogP contribution in [0.3, 0.4) is 0 Å². The first-order valence-electron chi connectivity index (χ1n) is 11.0. The summed E-state index contributed by atoms with van der Waals surface area (Å²) in [7, 11) is 1.68. The molecule has 4 aromatic rings. The molecule has 0 bridgehead atoms. The van der Waals surface area contributed by atoms with Crippen molar-refractivity contribution in [3.8, 4) is 11.5 Å². The minimum Gasteiger partial charge on any atom is -0.497 e. The minimum absolute atomic E-state index is 0.498. The lowest BCUT2D eigenvalue weighted by Crippen LogP contribution is -1.98. The molecule has 0 atom stereocenters. The smallest absolute Gasteiger partial charge is 0.120 e. The van der Waals surface area contributed by atoms with Crippen LogP contribution in [0.4, 0.5) is 0 Å². The van der Waals surface area contributed by atoms with Crippen molar-refractivity contribution in [2.75, 3.05) is 7.11 Å². The predicted octanol–water partition coefficient (Wildman–Crippen LogP) is 6.76. The van der Waals surface area contributed by atoms with Crippen molar-refractivity contribution >= 4 is 10.8 Å². The van der Waals surface area contributed by atoms with Crippen molar-refractivity contribution in [1.29, 1.82) is 0 Å². The van der Waals surface area contributed by atoms with E-state index in [1.165, 1.54) is 29.4 Å². The summed E-state index contributed by atoms with van der Waals surface area (Å²) in [5.41, 5.74) is 4.84. The molecule has 0 unspecified atom stereocenters. The summed E-state index contributed by atoms with van der Waals surface area (Å²) in [6, 6.07) is 25.2. The van der Waals surface area contributed by atoms with E-state index in [-0.39, 0.29) is 0 Å². The van der Waals surface area contributed by atoms with E-state index in [1.54, 1.807) is 7.11 Å². The van der Waals surface area contributed by atoms with Gasteiger partial charge in [-0.15, -0.1) is 0 Å². The topological polar surface area (TPSA) is 31.4 Å². The van der Waals surface area contributed by atoms with Crippen LogP contribution >= 0.6 is 0 Å². The lowest BCUT2D eigenvalue weighted by Gasteiger charge is -2.11. The Morgan fingerprint density at radius 3 is 2.45 bits per heavy atom. The second kappa shape index (κ2) is 10.1. The highest BCUT2D eigenvalue weighted by atomic mass is 16.5. The van der Waals surface area contributed by atoms with Crippen LogP contribution in [-0.2, 0) is 19.4 Å². The SMILES string of the molecule is CCCCc1ccc(Cc2nccc3ccc(OCc4cccc(OC)c4)cc23)cc1. The Hall–Kier alpha value is -3.33. The zero-order valence-electron chi connectivity index (χ0n) is 18.3. The van der Waals surface area contributed by atoms with E-state index in [0.717, 1.165) is 41.0 Å². The Morgan fingerprint density at radius 1 is 0.806 bits per heavy atom. The highest BCUT2D eigenvalue weighted by Crippen LogP contribution is 2.26. The van der Waals surface area contributed by atoms with E-state index in [2.05, 4.69) is 54.4 Å². The molecular weight excluding hydrogens is 382 g/mol. The molecule has 31 heavy (non-hydrogen) atoms. The van der Waals surface area contributed by atoms with Gasteiger partial charge in [-0.25, -0.2) is 0 Å². The van der Waals surface area contributed by atoms with Gasteiger partial charge in [0.15, 0.2) is 0 Å². The van der Waals surface area contributed by atoms with Gasteiger partial charge < -0.3 is 9.47 Å². The second-order valence-corrected chi connectivity index (χ2v) is 7.88. The van der Waals surface area contributed by atoms with E-state index in [4.69, 9.17) is 9.47 Å². The first kappa shape index (κ1) is 20.9. The molecule has 0 amide bonds. The third-order valence-electron chi connectivity index (χ3n) is 5.57. The number of methoxy groups -OCH3 is 1. The largest absolute Gasteiger partial charge is 0.497 e. The summed E-state index contributed by atoms with van der Waals surface area (Å²) in [6.07, 6.45) is 6.32. The van der Waals surface area contributed by atoms with E-state index < -0.39 is 0 Å². The van der Waals surface area contributed by atoms with Gasteiger partial charge in [0, 0.05) is 18.0 Å². The Balaban J connectivity index is 1.51. The average molecular weight is 412 g/mol. The van der Waals surface area contributed by atoms with Crippen LogP contribution in [0.25, 0.3) is 10.8 Å². The first-order chi connectivity index (χ1) is 15.2. The van der Waals surface area contributed by atoms with Crippen molar-refractivity contribution in [3.63, 3.8) is 0 Å². The van der Waals surface area contributed by atoms with Gasteiger partial charge in [-0.05, 0) is 65.3 Å². The molecule has 1 heterocycles. The number of benzene rings is 3. The van der Waals surface area contributed by atoms with Crippen molar-refractivity contribution in [3.05, 3.63) is 101 Å². The summed E-state index contributed by atoms with van der Waals surface area (Å²) in [4.78, 5) is 4.68. The van der Waals surface area contributed by atoms with Crippen LogP contribution < -0.4 is 9.47 Å². The van der Waals surface area contributed by atoms with Crippen LogP contribution in [0.2, 0.25) is 0 Å². The molecule has 3 nitrogen and oxygen atoms in total. The standard InChI is InChI=1S/C28H29NO2/c1-3-4-6-21-9-11-22(12-10-21)18-28-27-19-26(14-13-24(27)15-16-29-28)31-20-23-7-5-8-25(17-23)30-2/h5,7-17,19H,3-4,6,18,20H2,1-2H3. The molecule has 0 aliphatic carbocycles. The number of fused-ring (bicyclic) bond motifs is 1. The summed E-state index contributed by atoms with van der Waals surface area (Å²) in [6.45, 7) is 2.73. The molecule has 0 aliphatic rings. The first-order valence-corrected chi connectivity index (χ1v) is 11.0. The lowest BCUT2D eigenvalue weighted by molar-refractivity contribution is 0.305. The van der Waals surface area contributed by atoms with Gasteiger partial charge in [-0.2, -0.15) is 0 Å². The van der Waals surface area contributed by atoms with Gasteiger partial charge in [0.2, 0.25) is 0 Å². The van der Waals surface area contributed by atoms with Crippen LogP contribution in [-0.4, -0.2) is 12.1 Å². The van der Waals surface area contributed by atoms with Crippen molar-refractivity contribution in [2.24, 2.45) is 0 Å². The zero-order chi connectivity index (χ0) is 21.5. The van der Waals surface area contributed by atoms with E-state index in [9.17, 15) is 0 Å². The Labute approximate surface area is 184 Å². The van der Waals surface area contributed by atoms with Gasteiger partial charge in [0.25, 0.3) is 0 Å². The third kappa shape index (κ3) is 5.43. The molecule has 158 valence electrons. The maximum absolute atomic E-state index is 6.07. The Kier molecular flexibility index (Phi) is 6.83. The average Bonchev–Trinajstić information content (AvgIpc) is 2.82. The second-order valence-electron chi connectivity index (χ2n) is 7.88. The fourth-order valence-electron chi connectivity index (χ4n) is 3.77. The molecule has 1 aromatic heterocycles. The number of hydrogen-bond donors (Lipinski definition) is 0. The Morgan fingerprint density at radius 2 is 1.65 bits per heavy atom. The fourth-order valence-corrected chi connectivity index (χ4v) is 3.77. The molecule has 0 aliphatic heterocycles. The van der Waals surface area contributed by atoms with Crippen molar-refractivity contribution < 1.29 is 9.47 Å². The molecule has 0 spiro atoms. The highest BCUT2D eigenvalue weighted by molar-refractivity contribution is 5.86. The number of unbranched alkanes of at least 4 members (excludes halogenated alkanes) is 1.